The van der Waals surface area contributed by atoms with E-state index in [1.165, 1.54) is 4.88 Å². The van der Waals surface area contributed by atoms with E-state index in [9.17, 15) is 0 Å². The molecule has 1 fully saturated rings. The molecule has 1 N–H and O–H groups in total. The average Bonchev–Trinajstić information content (AvgIpc) is 2.48. The summed E-state index contributed by atoms with van der Waals surface area (Å²) in [6, 6.07) is 4.81. The van der Waals surface area contributed by atoms with Gasteiger partial charge in [0.25, 0.3) is 0 Å². The SMILES string of the molecule is c1csc(C2CCOCCN2)c1. The summed E-state index contributed by atoms with van der Waals surface area (Å²) in [5, 5.41) is 5.60. The Bertz CT molecular complexity index is 214. The molecule has 0 bridgehead atoms. The number of hydrogen-bond donors (Lipinski definition) is 1. The topological polar surface area (TPSA) is 21.3 Å². The van der Waals surface area contributed by atoms with Gasteiger partial charge in [-0.2, -0.15) is 0 Å². The predicted molar refractivity (Wildman–Crippen MR) is 50.5 cm³/mol. The van der Waals surface area contributed by atoms with Gasteiger partial charge in [-0.1, -0.05) is 6.07 Å². The third-order valence-corrected chi connectivity index (χ3v) is 3.06. The summed E-state index contributed by atoms with van der Waals surface area (Å²) in [4.78, 5) is 1.43. The first-order chi connectivity index (χ1) is 5.97. The van der Waals surface area contributed by atoms with Crippen molar-refractivity contribution in [1.29, 1.82) is 0 Å². The van der Waals surface area contributed by atoms with Gasteiger partial charge in [0.2, 0.25) is 0 Å². The van der Waals surface area contributed by atoms with Crippen molar-refractivity contribution in [1.82, 2.24) is 5.32 Å². The van der Waals surface area contributed by atoms with Gasteiger partial charge in [-0.25, -0.2) is 0 Å². The van der Waals surface area contributed by atoms with E-state index in [-0.39, 0.29) is 0 Å². The van der Waals surface area contributed by atoms with E-state index in [1.54, 1.807) is 0 Å². The molecule has 2 rings (SSSR count). The summed E-state index contributed by atoms with van der Waals surface area (Å²) in [5.74, 6) is 0. The average molecular weight is 183 g/mol. The zero-order chi connectivity index (χ0) is 8.23. The van der Waals surface area contributed by atoms with Crippen molar-refractivity contribution < 1.29 is 4.74 Å². The first kappa shape index (κ1) is 8.23. The van der Waals surface area contributed by atoms with Crippen molar-refractivity contribution in [3.05, 3.63) is 22.4 Å². The number of nitrogens with one attached hydrogen (secondary N) is 1. The van der Waals surface area contributed by atoms with Gasteiger partial charge in [-0.3, -0.25) is 0 Å². The molecule has 1 atom stereocenters. The van der Waals surface area contributed by atoms with Crippen LogP contribution in [0.2, 0.25) is 0 Å². The van der Waals surface area contributed by atoms with Crippen molar-refractivity contribution in [2.45, 2.75) is 12.5 Å². The molecular weight excluding hydrogens is 170 g/mol. The Hall–Kier alpha value is -0.380. The lowest BCUT2D eigenvalue weighted by Gasteiger charge is -2.11. The van der Waals surface area contributed by atoms with E-state index in [0.29, 0.717) is 6.04 Å². The van der Waals surface area contributed by atoms with Gasteiger partial charge < -0.3 is 10.1 Å². The van der Waals surface area contributed by atoms with Crippen molar-refractivity contribution in [3.63, 3.8) is 0 Å². The molecule has 0 saturated carbocycles. The Morgan fingerprint density at radius 3 is 3.33 bits per heavy atom. The van der Waals surface area contributed by atoms with Crippen LogP contribution in [0.4, 0.5) is 0 Å². The standard InChI is InChI=1S/C9H13NOS/c1-2-9(12-7-1)8-3-5-11-6-4-10-8/h1-2,7-8,10H,3-6H2. The van der Waals surface area contributed by atoms with Crippen molar-refractivity contribution >= 4 is 11.3 Å². The van der Waals surface area contributed by atoms with Crippen LogP contribution >= 0.6 is 11.3 Å². The van der Waals surface area contributed by atoms with Crippen LogP contribution < -0.4 is 5.32 Å². The Kier molecular flexibility index (Phi) is 2.76. The molecule has 1 saturated heterocycles. The zero-order valence-corrected chi connectivity index (χ0v) is 7.77. The first-order valence-electron chi connectivity index (χ1n) is 4.31. The van der Waals surface area contributed by atoms with Gasteiger partial charge in [0.1, 0.15) is 0 Å². The molecule has 0 aromatic carbocycles. The molecule has 0 aliphatic carbocycles. The minimum Gasteiger partial charge on any atom is -0.380 e. The summed E-state index contributed by atoms with van der Waals surface area (Å²) in [6.45, 7) is 2.71. The highest BCUT2D eigenvalue weighted by Crippen LogP contribution is 2.22. The molecule has 1 aliphatic rings. The Morgan fingerprint density at radius 1 is 1.50 bits per heavy atom. The van der Waals surface area contributed by atoms with Crippen LogP contribution in [0, 0.1) is 0 Å². The second-order valence-electron chi connectivity index (χ2n) is 2.92. The summed E-state index contributed by atoms with van der Waals surface area (Å²) >= 11 is 1.82. The minimum absolute atomic E-state index is 0.521. The van der Waals surface area contributed by atoms with Gasteiger partial charge in [-0.05, 0) is 17.9 Å². The molecule has 0 spiro atoms. The Morgan fingerprint density at radius 2 is 2.50 bits per heavy atom. The lowest BCUT2D eigenvalue weighted by molar-refractivity contribution is 0.150. The fraction of sp³-hybridized carbons (Fsp3) is 0.556. The van der Waals surface area contributed by atoms with Gasteiger partial charge in [0.05, 0.1) is 6.61 Å². The van der Waals surface area contributed by atoms with Crippen molar-refractivity contribution in [3.8, 4) is 0 Å². The minimum atomic E-state index is 0.521. The highest BCUT2D eigenvalue weighted by Gasteiger charge is 2.13. The highest BCUT2D eigenvalue weighted by atomic mass is 32.1. The van der Waals surface area contributed by atoms with Crippen molar-refractivity contribution in [2.24, 2.45) is 0 Å². The predicted octanol–water partition coefficient (Wildman–Crippen LogP) is 1.80. The normalized spacial score (nSPS) is 25.2. The van der Waals surface area contributed by atoms with Crippen LogP contribution in [0.15, 0.2) is 17.5 Å². The van der Waals surface area contributed by atoms with Crippen LogP contribution in [0.25, 0.3) is 0 Å². The van der Waals surface area contributed by atoms with E-state index in [1.807, 2.05) is 11.3 Å². The number of hydrogen-bond acceptors (Lipinski definition) is 3. The largest absolute Gasteiger partial charge is 0.380 e. The van der Waals surface area contributed by atoms with Gasteiger partial charge in [0.15, 0.2) is 0 Å². The molecule has 2 heterocycles. The highest BCUT2D eigenvalue weighted by molar-refractivity contribution is 7.10. The maximum absolute atomic E-state index is 5.36. The van der Waals surface area contributed by atoms with Crippen LogP contribution in [-0.2, 0) is 4.74 Å². The molecule has 1 aliphatic heterocycles. The van der Waals surface area contributed by atoms with Crippen LogP contribution in [0.5, 0.6) is 0 Å². The third-order valence-electron chi connectivity index (χ3n) is 2.07. The van der Waals surface area contributed by atoms with E-state index in [4.69, 9.17) is 4.74 Å². The monoisotopic (exact) mass is 183 g/mol. The third kappa shape index (κ3) is 1.86. The molecule has 0 radical (unpaired) electrons. The fourth-order valence-electron chi connectivity index (χ4n) is 1.44. The maximum Gasteiger partial charge on any atom is 0.0591 e. The van der Waals surface area contributed by atoms with E-state index >= 15 is 0 Å². The summed E-state index contributed by atoms with van der Waals surface area (Å²) < 4.78 is 5.36. The summed E-state index contributed by atoms with van der Waals surface area (Å²) in [7, 11) is 0. The van der Waals surface area contributed by atoms with E-state index < -0.39 is 0 Å². The first-order valence-corrected chi connectivity index (χ1v) is 5.19. The maximum atomic E-state index is 5.36. The smallest absolute Gasteiger partial charge is 0.0591 e. The molecule has 66 valence electrons. The second-order valence-corrected chi connectivity index (χ2v) is 3.90. The summed E-state index contributed by atoms with van der Waals surface area (Å²) in [6.07, 6.45) is 1.10. The Balaban J connectivity index is 2.02. The van der Waals surface area contributed by atoms with Crippen LogP contribution in [0.3, 0.4) is 0 Å². The van der Waals surface area contributed by atoms with Gasteiger partial charge in [0, 0.05) is 24.1 Å². The molecule has 3 heteroatoms. The van der Waals surface area contributed by atoms with E-state index in [0.717, 1.165) is 26.2 Å². The molecule has 12 heavy (non-hydrogen) atoms. The van der Waals surface area contributed by atoms with E-state index in [2.05, 4.69) is 22.8 Å². The van der Waals surface area contributed by atoms with Crippen molar-refractivity contribution in [2.75, 3.05) is 19.8 Å². The molecular formula is C9H13NOS. The quantitative estimate of drug-likeness (QED) is 0.717. The Labute approximate surface area is 76.6 Å². The lowest BCUT2D eigenvalue weighted by atomic mass is 10.2. The van der Waals surface area contributed by atoms with Gasteiger partial charge >= 0.3 is 0 Å². The molecule has 2 nitrogen and oxygen atoms in total. The number of ether oxygens (including phenoxy) is 1. The summed E-state index contributed by atoms with van der Waals surface area (Å²) in [5.41, 5.74) is 0. The lowest BCUT2D eigenvalue weighted by Crippen LogP contribution is -2.21. The van der Waals surface area contributed by atoms with Crippen LogP contribution in [0.1, 0.15) is 17.3 Å². The van der Waals surface area contributed by atoms with Gasteiger partial charge in [-0.15, -0.1) is 11.3 Å². The molecule has 1 unspecified atom stereocenters. The second kappa shape index (κ2) is 4.03. The molecule has 1 aromatic rings. The number of thiophene rings is 1. The fourth-order valence-corrected chi connectivity index (χ4v) is 2.28. The molecule has 1 aromatic heterocycles. The number of rotatable bonds is 1. The van der Waals surface area contributed by atoms with Crippen LogP contribution in [-0.4, -0.2) is 19.8 Å². The molecule has 0 amide bonds. The zero-order valence-electron chi connectivity index (χ0n) is 6.95.